The Morgan fingerprint density at radius 2 is 2.06 bits per heavy atom. The quantitative estimate of drug-likeness (QED) is 0.788. The summed E-state index contributed by atoms with van der Waals surface area (Å²) in [6.45, 7) is 4.41. The lowest BCUT2D eigenvalue weighted by Crippen LogP contribution is -2.25. The SMILES string of the molecule is COC(C)(C)CCOc1ccc(CO)nn1. The molecule has 0 saturated heterocycles. The molecule has 1 heterocycles. The molecule has 0 unspecified atom stereocenters. The van der Waals surface area contributed by atoms with Gasteiger partial charge in [-0.05, 0) is 19.9 Å². The minimum absolute atomic E-state index is 0.107. The lowest BCUT2D eigenvalue weighted by Gasteiger charge is -2.22. The van der Waals surface area contributed by atoms with Crippen molar-refractivity contribution < 1.29 is 14.6 Å². The third kappa shape index (κ3) is 4.12. The fourth-order valence-electron chi connectivity index (χ4n) is 1.01. The van der Waals surface area contributed by atoms with Gasteiger partial charge in [0.2, 0.25) is 5.88 Å². The van der Waals surface area contributed by atoms with E-state index in [1.54, 1.807) is 19.2 Å². The fourth-order valence-corrected chi connectivity index (χ4v) is 1.01. The summed E-state index contributed by atoms with van der Waals surface area (Å²) in [4.78, 5) is 0. The molecule has 1 N–H and O–H groups in total. The molecule has 0 aromatic carbocycles. The third-order valence-corrected chi connectivity index (χ3v) is 2.36. The molecule has 0 aliphatic rings. The maximum absolute atomic E-state index is 8.78. The van der Waals surface area contributed by atoms with Gasteiger partial charge in [0.05, 0.1) is 24.5 Å². The average Bonchev–Trinajstić information content (AvgIpc) is 2.30. The monoisotopic (exact) mass is 226 g/mol. The topological polar surface area (TPSA) is 64.5 Å². The highest BCUT2D eigenvalue weighted by atomic mass is 16.5. The molecule has 0 fully saturated rings. The van der Waals surface area contributed by atoms with Crippen molar-refractivity contribution in [3.8, 4) is 5.88 Å². The number of aromatic nitrogens is 2. The van der Waals surface area contributed by atoms with Crippen LogP contribution in [0.4, 0.5) is 0 Å². The molecule has 0 aliphatic heterocycles. The van der Waals surface area contributed by atoms with E-state index in [0.29, 0.717) is 18.2 Å². The molecule has 90 valence electrons. The van der Waals surface area contributed by atoms with Crippen LogP contribution in [0.25, 0.3) is 0 Å². The standard InChI is InChI=1S/C11H18N2O3/c1-11(2,15-3)6-7-16-10-5-4-9(8-14)12-13-10/h4-5,14H,6-8H2,1-3H3. The Bertz CT molecular complexity index is 312. The van der Waals surface area contributed by atoms with Crippen LogP contribution in [0.1, 0.15) is 26.0 Å². The first-order valence-electron chi connectivity index (χ1n) is 5.19. The van der Waals surface area contributed by atoms with Gasteiger partial charge in [-0.25, -0.2) is 0 Å². The van der Waals surface area contributed by atoms with Crippen molar-refractivity contribution in [2.75, 3.05) is 13.7 Å². The van der Waals surface area contributed by atoms with Gasteiger partial charge in [-0.2, -0.15) is 0 Å². The lowest BCUT2D eigenvalue weighted by molar-refractivity contribution is 0.00499. The minimum atomic E-state index is -0.196. The summed E-state index contributed by atoms with van der Waals surface area (Å²) in [6, 6.07) is 3.38. The first-order valence-corrected chi connectivity index (χ1v) is 5.19. The van der Waals surface area contributed by atoms with E-state index in [2.05, 4.69) is 10.2 Å². The molecule has 1 aromatic heterocycles. The number of aliphatic hydroxyl groups excluding tert-OH is 1. The first-order chi connectivity index (χ1) is 7.57. The summed E-state index contributed by atoms with van der Waals surface area (Å²) in [7, 11) is 1.68. The molecule has 0 aliphatic carbocycles. The second kappa shape index (κ2) is 5.77. The van der Waals surface area contributed by atoms with Crippen LogP contribution < -0.4 is 4.74 Å². The number of hydrogen-bond donors (Lipinski definition) is 1. The summed E-state index contributed by atoms with van der Waals surface area (Å²) in [5.41, 5.74) is 0.336. The molecule has 0 saturated carbocycles. The second-order valence-corrected chi connectivity index (χ2v) is 4.08. The fraction of sp³-hybridized carbons (Fsp3) is 0.636. The van der Waals surface area contributed by atoms with Crippen LogP contribution in [-0.2, 0) is 11.3 Å². The van der Waals surface area contributed by atoms with Gasteiger partial charge in [0, 0.05) is 19.6 Å². The smallest absolute Gasteiger partial charge is 0.233 e. The van der Waals surface area contributed by atoms with E-state index in [9.17, 15) is 0 Å². The van der Waals surface area contributed by atoms with Gasteiger partial charge >= 0.3 is 0 Å². The van der Waals surface area contributed by atoms with Crippen LogP contribution >= 0.6 is 0 Å². The molecule has 0 radical (unpaired) electrons. The van der Waals surface area contributed by atoms with Crippen LogP contribution in [0.3, 0.4) is 0 Å². The van der Waals surface area contributed by atoms with E-state index in [1.165, 1.54) is 0 Å². The molecule has 1 rings (SSSR count). The highest BCUT2D eigenvalue weighted by Crippen LogP contribution is 2.13. The van der Waals surface area contributed by atoms with E-state index >= 15 is 0 Å². The molecule has 5 nitrogen and oxygen atoms in total. The molecule has 5 heteroatoms. The van der Waals surface area contributed by atoms with E-state index in [0.717, 1.165) is 6.42 Å². The molecule has 0 atom stereocenters. The van der Waals surface area contributed by atoms with Crippen molar-refractivity contribution >= 4 is 0 Å². The minimum Gasteiger partial charge on any atom is -0.476 e. The predicted molar refractivity (Wildman–Crippen MR) is 59.2 cm³/mol. The molecule has 0 amide bonds. The molecule has 16 heavy (non-hydrogen) atoms. The van der Waals surface area contributed by atoms with Crippen LogP contribution in [0.5, 0.6) is 5.88 Å². The van der Waals surface area contributed by atoms with Gasteiger partial charge < -0.3 is 14.6 Å². The zero-order chi connectivity index (χ0) is 12.0. The van der Waals surface area contributed by atoms with Crippen molar-refractivity contribution in [3.63, 3.8) is 0 Å². The number of ether oxygens (including phenoxy) is 2. The van der Waals surface area contributed by atoms with Gasteiger partial charge in [-0.15, -0.1) is 10.2 Å². The second-order valence-electron chi connectivity index (χ2n) is 4.08. The van der Waals surface area contributed by atoms with Gasteiger partial charge in [-0.1, -0.05) is 0 Å². The van der Waals surface area contributed by atoms with Gasteiger partial charge in [0.25, 0.3) is 0 Å². The zero-order valence-electron chi connectivity index (χ0n) is 9.93. The Balaban J connectivity index is 2.37. The highest BCUT2D eigenvalue weighted by Gasteiger charge is 2.16. The number of aliphatic hydroxyl groups is 1. The lowest BCUT2D eigenvalue weighted by atomic mass is 10.1. The maximum atomic E-state index is 8.78. The van der Waals surface area contributed by atoms with Crippen molar-refractivity contribution in [2.45, 2.75) is 32.5 Å². The van der Waals surface area contributed by atoms with Gasteiger partial charge in [0.1, 0.15) is 0 Å². The van der Waals surface area contributed by atoms with E-state index in [-0.39, 0.29) is 12.2 Å². The summed E-state index contributed by atoms with van der Waals surface area (Å²) in [5.74, 6) is 0.462. The molecule has 1 aromatic rings. The normalized spacial score (nSPS) is 11.5. The van der Waals surface area contributed by atoms with Crippen LogP contribution in [-0.4, -0.2) is 34.6 Å². The zero-order valence-corrected chi connectivity index (χ0v) is 9.93. The maximum Gasteiger partial charge on any atom is 0.233 e. The Hall–Kier alpha value is -1.20. The molecule has 0 bridgehead atoms. The van der Waals surface area contributed by atoms with E-state index < -0.39 is 0 Å². The number of hydrogen-bond acceptors (Lipinski definition) is 5. The highest BCUT2D eigenvalue weighted by molar-refractivity contribution is 5.10. The van der Waals surface area contributed by atoms with Crippen LogP contribution in [0.2, 0.25) is 0 Å². The largest absolute Gasteiger partial charge is 0.476 e. The average molecular weight is 226 g/mol. The van der Waals surface area contributed by atoms with Crippen molar-refractivity contribution in [2.24, 2.45) is 0 Å². The van der Waals surface area contributed by atoms with Crippen molar-refractivity contribution in [1.29, 1.82) is 0 Å². The molecule has 0 spiro atoms. The third-order valence-electron chi connectivity index (χ3n) is 2.36. The summed E-state index contributed by atoms with van der Waals surface area (Å²) in [5, 5.41) is 16.4. The Morgan fingerprint density at radius 3 is 2.56 bits per heavy atom. The van der Waals surface area contributed by atoms with Crippen LogP contribution in [0.15, 0.2) is 12.1 Å². The summed E-state index contributed by atoms with van der Waals surface area (Å²) < 4.78 is 10.7. The van der Waals surface area contributed by atoms with Gasteiger partial charge in [-0.3, -0.25) is 0 Å². The summed E-state index contributed by atoms with van der Waals surface area (Å²) >= 11 is 0. The number of nitrogens with zero attached hydrogens (tertiary/aromatic N) is 2. The first kappa shape index (κ1) is 12.9. The van der Waals surface area contributed by atoms with E-state index in [1.807, 2.05) is 13.8 Å². The Labute approximate surface area is 95.4 Å². The molecular formula is C11H18N2O3. The van der Waals surface area contributed by atoms with Crippen LogP contribution in [0, 0.1) is 0 Å². The Morgan fingerprint density at radius 1 is 1.31 bits per heavy atom. The number of methoxy groups -OCH3 is 1. The summed E-state index contributed by atoms with van der Waals surface area (Å²) in [6.07, 6.45) is 0.771. The number of rotatable bonds is 6. The Kier molecular flexibility index (Phi) is 4.64. The predicted octanol–water partition coefficient (Wildman–Crippen LogP) is 1.16. The van der Waals surface area contributed by atoms with Crippen molar-refractivity contribution in [3.05, 3.63) is 17.8 Å². The van der Waals surface area contributed by atoms with Crippen molar-refractivity contribution in [1.82, 2.24) is 10.2 Å². The van der Waals surface area contributed by atoms with E-state index in [4.69, 9.17) is 14.6 Å². The molecular weight excluding hydrogens is 208 g/mol. The van der Waals surface area contributed by atoms with Gasteiger partial charge in [0.15, 0.2) is 0 Å².